The third-order valence-electron chi connectivity index (χ3n) is 2.41. The average Bonchev–Trinajstić information content (AvgIpc) is 2.61. The molecule has 16 heavy (non-hydrogen) atoms. The molecule has 84 valence electrons. The van der Waals surface area contributed by atoms with Gasteiger partial charge in [-0.25, -0.2) is 4.98 Å². The molecule has 2 aromatic rings. The first kappa shape index (κ1) is 11.6. The van der Waals surface area contributed by atoms with Crippen molar-refractivity contribution in [2.24, 2.45) is 0 Å². The van der Waals surface area contributed by atoms with Crippen LogP contribution in [0.15, 0.2) is 24.3 Å². The lowest BCUT2D eigenvalue weighted by Gasteiger charge is -2.00. The number of imidazole rings is 1. The van der Waals surface area contributed by atoms with Crippen LogP contribution >= 0.6 is 24.2 Å². The van der Waals surface area contributed by atoms with E-state index in [-0.39, 0.29) is 0 Å². The van der Waals surface area contributed by atoms with Crippen LogP contribution in [-0.2, 0) is 6.42 Å². The van der Waals surface area contributed by atoms with Crippen molar-refractivity contribution in [1.82, 2.24) is 9.97 Å². The van der Waals surface area contributed by atoms with E-state index in [0.29, 0.717) is 0 Å². The van der Waals surface area contributed by atoms with Crippen molar-refractivity contribution in [3.63, 3.8) is 0 Å². The van der Waals surface area contributed by atoms with Crippen molar-refractivity contribution in [3.05, 3.63) is 40.8 Å². The first-order chi connectivity index (χ1) is 7.72. The zero-order chi connectivity index (χ0) is 11.5. The molecule has 4 heteroatoms. The van der Waals surface area contributed by atoms with Crippen LogP contribution in [0.3, 0.4) is 0 Å². The molecule has 0 saturated carbocycles. The molecule has 2 nitrogen and oxygen atoms in total. The summed E-state index contributed by atoms with van der Waals surface area (Å²) in [5.74, 6) is 1.75. The van der Waals surface area contributed by atoms with Gasteiger partial charge >= 0.3 is 0 Å². The molecule has 1 aromatic carbocycles. The molecule has 0 aliphatic carbocycles. The largest absolute Gasteiger partial charge is 0.346 e. The highest BCUT2D eigenvalue weighted by molar-refractivity contribution is 7.80. The fourth-order valence-corrected chi connectivity index (χ4v) is 2.10. The Labute approximate surface area is 105 Å². The normalized spacial score (nSPS) is 10.7. The van der Waals surface area contributed by atoms with E-state index < -0.39 is 0 Å². The van der Waals surface area contributed by atoms with Crippen molar-refractivity contribution in [3.8, 4) is 11.3 Å². The van der Waals surface area contributed by atoms with E-state index >= 15 is 0 Å². The van der Waals surface area contributed by atoms with Gasteiger partial charge in [-0.3, -0.25) is 0 Å². The highest BCUT2D eigenvalue weighted by Gasteiger charge is 2.10. The Morgan fingerprint density at radius 1 is 1.38 bits per heavy atom. The van der Waals surface area contributed by atoms with Crippen molar-refractivity contribution < 1.29 is 0 Å². The van der Waals surface area contributed by atoms with Crippen LogP contribution in [0.25, 0.3) is 11.3 Å². The molecule has 0 radical (unpaired) electrons. The minimum Gasteiger partial charge on any atom is -0.346 e. The first-order valence-corrected chi connectivity index (χ1v) is 6.14. The van der Waals surface area contributed by atoms with Crippen molar-refractivity contribution in [1.29, 1.82) is 0 Å². The van der Waals surface area contributed by atoms with Gasteiger partial charge in [0.2, 0.25) is 0 Å². The minimum atomic E-state index is 0.731. The van der Waals surface area contributed by atoms with Crippen LogP contribution in [0.4, 0.5) is 0 Å². The lowest BCUT2D eigenvalue weighted by molar-refractivity contribution is 0.995. The van der Waals surface area contributed by atoms with Gasteiger partial charge in [-0.2, -0.15) is 12.6 Å². The quantitative estimate of drug-likeness (QED) is 0.805. The molecular formula is C12H13ClN2S. The average molecular weight is 253 g/mol. The monoisotopic (exact) mass is 252 g/mol. The molecule has 0 aliphatic heterocycles. The van der Waals surface area contributed by atoms with E-state index in [0.717, 1.165) is 40.0 Å². The topological polar surface area (TPSA) is 28.7 Å². The van der Waals surface area contributed by atoms with Crippen molar-refractivity contribution >= 4 is 24.2 Å². The number of nitrogens with zero attached hydrogens (tertiary/aromatic N) is 1. The maximum Gasteiger partial charge on any atom is 0.107 e. The van der Waals surface area contributed by atoms with Gasteiger partial charge in [-0.1, -0.05) is 29.8 Å². The van der Waals surface area contributed by atoms with E-state index in [1.165, 1.54) is 0 Å². The smallest absolute Gasteiger partial charge is 0.107 e. The summed E-state index contributed by atoms with van der Waals surface area (Å²) in [7, 11) is 0. The van der Waals surface area contributed by atoms with Crippen LogP contribution in [0.1, 0.15) is 11.5 Å². The Balaban J connectivity index is 2.44. The van der Waals surface area contributed by atoms with Gasteiger partial charge in [0.25, 0.3) is 0 Å². The Hall–Kier alpha value is -0.930. The molecule has 0 aliphatic rings. The second kappa shape index (κ2) is 4.93. The third kappa shape index (κ3) is 2.25. The second-order valence-corrected chi connectivity index (χ2v) is 4.46. The summed E-state index contributed by atoms with van der Waals surface area (Å²) in [4.78, 5) is 7.79. The number of hydrogen-bond donors (Lipinski definition) is 2. The zero-order valence-corrected chi connectivity index (χ0v) is 10.6. The molecule has 1 N–H and O–H groups in total. The van der Waals surface area contributed by atoms with Crippen LogP contribution in [0, 0.1) is 6.92 Å². The van der Waals surface area contributed by atoms with Gasteiger partial charge in [0.1, 0.15) is 5.82 Å². The summed E-state index contributed by atoms with van der Waals surface area (Å²) in [5.41, 5.74) is 2.95. The number of hydrogen-bond acceptors (Lipinski definition) is 2. The SMILES string of the molecule is Cc1[nH]c(CCS)nc1-c1ccccc1Cl. The fraction of sp³-hybridized carbons (Fsp3) is 0.250. The second-order valence-electron chi connectivity index (χ2n) is 3.61. The number of thiol groups is 1. The third-order valence-corrected chi connectivity index (χ3v) is 2.96. The van der Waals surface area contributed by atoms with Crippen molar-refractivity contribution in [2.75, 3.05) is 5.75 Å². The number of aromatic nitrogens is 2. The number of halogens is 1. The molecule has 0 amide bonds. The fourth-order valence-electron chi connectivity index (χ4n) is 1.66. The number of aromatic amines is 1. The Kier molecular flexibility index (Phi) is 3.56. The van der Waals surface area contributed by atoms with E-state index in [9.17, 15) is 0 Å². The van der Waals surface area contributed by atoms with Gasteiger partial charge in [0, 0.05) is 17.7 Å². The molecule has 1 heterocycles. The van der Waals surface area contributed by atoms with Gasteiger partial charge < -0.3 is 4.98 Å². The van der Waals surface area contributed by atoms with E-state index in [4.69, 9.17) is 11.6 Å². The number of H-pyrrole nitrogens is 1. The Bertz CT molecular complexity index is 494. The molecule has 0 atom stereocenters. The minimum absolute atomic E-state index is 0.731. The summed E-state index contributed by atoms with van der Waals surface area (Å²) in [6.45, 7) is 2.01. The maximum atomic E-state index is 6.15. The lowest BCUT2D eigenvalue weighted by Crippen LogP contribution is -1.88. The highest BCUT2D eigenvalue weighted by Crippen LogP contribution is 2.28. The van der Waals surface area contributed by atoms with Gasteiger partial charge in [-0.05, 0) is 18.7 Å². The highest BCUT2D eigenvalue weighted by atomic mass is 35.5. The predicted octanol–water partition coefficient (Wildman–Crippen LogP) is 3.51. The Morgan fingerprint density at radius 3 is 2.81 bits per heavy atom. The summed E-state index contributed by atoms with van der Waals surface area (Å²) in [5, 5.41) is 0.731. The van der Waals surface area contributed by atoms with Crippen LogP contribution < -0.4 is 0 Å². The maximum absolute atomic E-state index is 6.15. The van der Waals surface area contributed by atoms with E-state index in [1.54, 1.807) is 0 Å². The van der Waals surface area contributed by atoms with E-state index in [2.05, 4.69) is 22.6 Å². The van der Waals surface area contributed by atoms with Crippen LogP contribution in [-0.4, -0.2) is 15.7 Å². The van der Waals surface area contributed by atoms with Gasteiger partial charge in [-0.15, -0.1) is 0 Å². The van der Waals surface area contributed by atoms with Crippen LogP contribution in [0.2, 0.25) is 5.02 Å². The number of nitrogens with one attached hydrogen (secondary N) is 1. The molecule has 0 spiro atoms. The summed E-state index contributed by atoms with van der Waals surface area (Å²) in [6, 6.07) is 7.75. The molecule has 1 aromatic heterocycles. The number of aryl methyl sites for hydroxylation is 2. The predicted molar refractivity (Wildman–Crippen MR) is 71.3 cm³/mol. The zero-order valence-electron chi connectivity index (χ0n) is 9.00. The van der Waals surface area contributed by atoms with Crippen LogP contribution in [0.5, 0.6) is 0 Å². The van der Waals surface area contributed by atoms with Crippen molar-refractivity contribution in [2.45, 2.75) is 13.3 Å². The molecule has 0 saturated heterocycles. The number of benzene rings is 1. The Morgan fingerprint density at radius 2 is 2.12 bits per heavy atom. The van der Waals surface area contributed by atoms with Gasteiger partial charge in [0.05, 0.1) is 10.7 Å². The standard InChI is InChI=1S/C12H13ClN2S/c1-8-12(15-11(14-8)6-7-16)9-4-2-3-5-10(9)13/h2-5,16H,6-7H2,1H3,(H,14,15). The lowest BCUT2D eigenvalue weighted by atomic mass is 10.1. The summed E-state index contributed by atoms with van der Waals surface area (Å²) in [6.07, 6.45) is 0.842. The number of rotatable bonds is 3. The molecule has 2 rings (SSSR count). The summed E-state index contributed by atoms with van der Waals surface area (Å²) < 4.78 is 0. The molecule has 0 fully saturated rings. The molecular weight excluding hydrogens is 240 g/mol. The van der Waals surface area contributed by atoms with Gasteiger partial charge in [0.15, 0.2) is 0 Å². The first-order valence-electron chi connectivity index (χ1n) is 5.13. The molecule has 0 bridgehead atoms. The molecule has 0 unspecified atom stereocenters. The summed E-state index contributed by atoms with van der Waals surface area (Å²) >= 11 is 10.3. The van der Waals surface area contributed by atoms with E-state index in [1.807, 2.05) is 31.2 Å².